The van der Waals surface area contributed by atoms with Crippen LogP contribution in [0.1, 0.15) is 24.0 Å². The van der Waals surface area contributed by atoms with Gasteiger partial charge in [0, 0.05) is 16.5 Å². The molecule has 0 unspecified atom stereocenters. The summed E-state index contributed by atoms with van der Waals surface area (Å²) in [5.74, 6) is -0.633. The molecule has 1 aliphatic carbocycles. The van der Waals surface area contributed by atoms with Gasteiger partial charge in [-0.25, -0.2) is 17.8 Å². The van der Waals surface area contributed by atoms with Gasteiger partial charge in [-0.2, -0.15) is 9.19 Å². The summed E-state index contributed by atoms with van der Waals surface area (Å²) < 4.78 is 40.9. The monoisotopic (exact) mass is 419 g/mol. The predicted octanol–water partition coefficient (Wildman–Crippen LogP) is 4.68. The van der Waals surface area contributed by atoms with E-state index >= 15 is 0 Å². The van der Waals surface area contributed by atoms with E-state index in [1.807, 2.05) is 60.7 Å². The minimum Gasteiger partial charge on any atom is -0.247 e. The average molecular weight is 419 g/mol. The third-order valence-corrected chi connectivity index (χ3v) is 7.21. The molecular formula is C23H18FN3O2S. The number of nitrogens with zero attached hydrogens (tertiary/aromatic N) is 3. The van der Waals surface area contributed by atoms with Gasteiger partial charge in [-0.3, -0.25) is 0 Å². The van der Waals surface area contributed by atoms with Crippen molar-refractivity contribution in [1.82, 2.24) is 9.19 Å². The first kappa shape index (κ1) is 18.7. The smallest absolute Gasteiger partial charge is 0.247 e. The number of halogens is 1. The highest BCUT2D eigenvalue weighted by Crippen LogP contribution is 2.35. The molecule has 1 aromatic heterocycles. The van der Waals surface area contributed by atoms with Gasteiger partial charge in [0.15, 0.2) is 5.82 Å². The van der Waals surface area contributed by atoms with Crippen LogP contribution in [0, 0.1) is 5.82 Å². The zero-order valence-corrected chi connectivity index (χ0v) is 16.8. The topological polar surface area (TPSA) is 64.3 Å². The largest absolute Gasteiger partial charge is 0.257 e. The Kier molecular flexibility index (Phi) is 4.47. The molecule has 0 N–H and O–H groups in total. The van der Waals surface area contributed by atoms with E-state index in [0.717, 1.165) is 15.2 Å². The first-order chi connectivity index (χ1) is 14.6. The number of aliphatic imine (C=N–C) groups is 1. The van der Waals surface area contributed by atoms with Crippen molar-refractivity contribution in [1.29, 1.82) is 0 Å². The SMILES string of the molecule is O=S(=O)(C1CC1)n1ncc2c(N=C(c3ccccc3)c3ccccc3)ccc(F)c21. The lowest BCUT2D eigenvalue weighted by Gasteiger charge is -2.09. The average Bonchev–Trinajstić information content (AvgIpc) is 3.54. The summed E-state index contributed by atoms with van der Waals surface area (Å²) in [5, 5.41) is 3.90. The summed E-state index contributed by atoms with van der Waals surface area (Å²) in [6, 6.07) is 22.2. The maximum atomic E-state index is 14.7. The third kappa shape index (κ3) is 3.21. The summed E-state index contributed by atoms with van der Waals surface area (Å²) in [6.45, 7) is 0. The lowest BCUT2D eigenvalue weighted by atomic mass is 10.0. The van der Waals surface area contributed by atoms with Crippen molar-refractivity contribution in [3.63, 3.8) is 0 Å². The van der Waals surface area contributed by atoms with Crippen LogP contribution in [0.4, 0.5) is 10.1 Å². The van der Waals surface area contributed by atoms with Gasteiger partial charge in [0.25, 0.3) is 10.0 Å². The van der Waals surface area contributed by atoms with Gasteiger partial charge in [0.1, 0.15) is 5.52 Å². The molecule has 0 amide bonds. The van der Waals surface area contributed by atoms with Gasteiger partial charge in [-0.1, -0.05) is 60.7 Å². The van der Waals surface area contributed by atoms with E-state index in [1.54, 1.807) is 6.07 Å². The molecule has 5 rings (SSSR count). The van der Waals surface area contributed by atoms with Crippen molar-refractivity contribution in [3.05, 3.63) is 95.9 Å². The molecule has 1 fully saturated rings. The van der Waals surface area contributed by atoms with Crippen LogP contribution < -0.4 is 0 Å². The fourth-order valence-corrected chi connectivity index (χ4v) is 5.10. The van der Waals surface area contributed by atoms with Crippen LogP contribution in [0.15, 0.2) is 84.0 Å². The Morgan fingerprint density at radius 2 is 1.53 bits per heavy atom. The third-order valence-electron chi connectivity index (χ3n) is 5.14. The molecular weight excluding hydrogens is 401 g/mol. The number of rotatable bonds is 5. The Morgan fingerprint density at radius 3 is 2.10 bits per heavy atom. The second kappa shape index (κ2) is 7.18. The van der Waals surface area contributed by atoms with E-state index in [1.165, 1.54) is 12.3 Å². The van der Waals surface area contributed by atoms with Crippen LogP contribution in [0.25, 0.3) is 10.9 Å². The summed E-state index contributed by atoms with van der Waals surface area (Å²) in [4.78, 5) is 4.83. The van der Waals surface area contributed by atoms with Crippen LogP contribution in [-0.4, -0.2) is 28.6 Å². The summed E-state index contributed by atoms with van der Waals surface area (Å²) in [7, 11) is -3.70. The first-order valence-electron chi connectivity index (χ1n) is 9.66. The number of hydrogen-bond donors (Lipinski definition) is 0. The van der Waals surface area contributed by atoms with Crippen molar-refractivity contribution in [3.8, 4) is 0 Å². The number of hydrogen-bond acceptors (Lipinski definition) is 4. The quantitative estimate of drug-likeness (QED) is 0.441. The van der Waals surface area contributed by atoms with Gasteiger partial charge in [0.2, 0.25) is 0 Å². The minimum absolute atomic E-state index is 0.0522. The molecule has 5 nitrogen and oxygen atoms in total. The van der Waals surface area contributed by atoms with Crippen LogP contribution >= 0.6 is 0 Å². The predicted molar refractivity (Wildman–Crippen MR) is 115 cm³/mol. The zero-order chi connectivity index (χ0) is 20.7. The number of benzene rings is 3. The summed E-state index contributed by atoms with van der Waals surface area (Å²) in [5.41, 5.74) is 2.93. The van der Waals surface area contributed by atoms with Crippen molar-refractivity contribution in [2.45, 2.75) is 18.1 Å². The van der Waals surface area contributed by atoms with E-state index in [-0.39, 0.29) is 5.52 Å². The second-order valence-corrected chi connectivity index (χ2v) is 9.30. The highest BCUT2D eigenvalue weighted by molar-refractivity contribution is 7.90. The summed E-state index contributed by atoms with van der Waals surface area (Å²) >= 11 is 0. The van der Waals surface area contributed by atoms with Crippen LogP contribution in [0.5, 0.6) is 0 Å². The molecule has 1 saturated carbocycles. The Morgan fingerprint density at radius 1 is 0.933 bits per heavy atom. The van der Waals surface area contributed by atoms with Crippen molar-refractivity contribution in [2.24, 2.45) is 4.99 Å². The molecule has 0 radical (unpaired) electrons. The van der Waals surface area contributed by atoms with Crippen LogP contribution in [0.2, 0.25) is 0 Å². The van der Waals surface area contributed by atoms with E-state index in [2.05, 4.69) is 5.10 Å². The molecule has 0 aliphatic heterocycles. The Balaban J connectivity index is 1.73. The molecule has 4 aromatic rings. The van der Waals surface area contributed by atoms with Gasteiger partial charge < -0.3 is 0 Å². The van der Waals surface area contributed by atoms with Crippen molar-refractivity contribution < 1.29 is 12.8 Å². The van der Waals surface area contributed by atoms with Crippen molar-refractivity contribution >= 4 is 32.3 Å². The Hall–Kier alpha value is -3.32. The second-order valence-electron chi connectivity index (χ2n) is 7.25. The molecule has 0 bridgehead atoms. The lowest BCUT2D eigenvalue weighted by Crippen LogP contribution is -2.19. The lowest BCUT2D eigenvalue weighted by molar-refractivity contribution is 0.577. The highest BCUT2D eigenvalue weighted by Gasteiger charge is 2.39. The Labute approximate surface area is 173 Å². The molecule has 0 saturated heterocycles. The maximum Gasteiger partial charge on any atom is 0.257 e. The van der Waals surface area contributed by atoms with Gasteiger partial charge >= 0.3 is 0 Å². The zero-order valence-electron chi connectivity index (χ0n) is 15.9. The molecule has 150 valence electrons. The van der Waals surface area contributed by atoms with Crippen molar-refractivity contribution in [2.75, 3.05) is 0 Å². The Bertz CT molecular complexity index is 1320. The standard InChI is InChI=1S/C23H18FN3O2S/c24-20-13-14-21(19-15-25-27(23(19)20)30(28,29)18-11-12-18)26-22(16-7-3-1-4-8-16)17-9-5-2-6-10-17/h1-10,13-15,18H,11-12H2. The molecule has 3 aromatic carbocycles. The number of fused-ring (bicyclic) bond motifs is 1. The molecule has 7 heteroatoms. The molecule has 30 heavy (non-hydrogen) atoms. The van der Waals surface area contributed by atoms with Crippen LogP contribution in [0.3, 0.4) is 0 Å². The minimum atomic E-state index is -3.70. The molecule has 1 aliphatic rings. The highest BCUT2D eigenvalue weighted by atomic mass is 32.2. The number of aromatic nitrogens is 2. The fraction of sp³-hybridized carbons (Fsp3) is 0.130. The maximum absolute atomic E-state index is 14.7. The van der Waals surface area contributed by atoms with Gasteiger partial charge in [0.05, 0.1) is 22.8 Å². The van der Waals surface area contributed by atoms with E-state index in [4.69, 9.17) is 4.99 Å². The molecule has 0 spiro atoms. The van der Waals surface area contributed by atoms with Crippen LogP contribution in [-0.2, 0) is 10.0 Å². The van der Waals surface area contributed by atoms with E-state index in [9.17, 15) is 12.8 Å². The van der Waals surface area contributed by atoms with Gasteiger partial charge in [-0.05, 0) is 25.0 Å². The van der Waals surface area contributed by atoms with Gasteiger partial charge in [-0.15, -0.1) is 0 Å². The molecule has 0 atom stereocenters. The molecule has 1 heterocycles. The normalized spacial score (nSPS) is 14.0. The van der Waals surface area contributed by atoms with E-state index < -0.39 is 21.1 Å². The van der Waals surface area contributed by atoms with E-state index in [0.29, 0.717) is 29.6 Å². The summed E-state index contributed by atoms with van der Waals surface area (Å²) in [6.07, 6.45) is 2.54. The first-order valence-corrected chi connectivity index (χ1v) is 11.2. The fourth-order valence-electron chi connectivity index (χ4n) is 3.47.